The molecular formula is C27H24N3O5P. The summed E-state index contributed by atoms with van der Waals surface area (Å²) in [7, 11) is -2.31. The van der Waals surface area contributed by atoms with E-state index in [9.17, 15) is 4.57 Å². The van der Waals surface area contributed by atoms with E-state index in [1.165, 1.54) is 0 Å². The summed E-state index contributed by atoms with van der Waals surface area (Å²) in [6.45, 7) is -0.353. The van der Waals surface area contributed by atoms with Crippen LogP contribution in [-0.2, 0) is 18.1 Å². The molecule has 0 radical (unpaired) electrons. The highest BCUT2D eigenvalue weighted by Crippen LogP contribution is 2.54. The monoisotopic (exact) mass is 501 g/mol. The van der Waals surface area contributed by atoms with Crippen molar-refractivity contribution in [2.24, 2.45) is 0 Å². The molecule has 0 atom stereocenters. The van der Waals surface area contributed by atoms with Crippen LogP contribution in [-0.4, -0.2) is 20.3 Å². The van der Waals surface area contributed by atoms with Crippen LogP contribution in [0, 0.1) is 22.7 Å². The molecule has 3 aromatic rings. The van der Waals surface area contributed by atoms with E-state index in [0.717, 1.165) is 22.5 Å². The number of ether oxygens (including phenoxy) is 1. The predicted molar refractivity (Wildman–Crippen MR) is 135 cm³/mol. The molecule has 3 aromatic carbocycles. The third-order valence-corrected chi connectivity index (χ3v) is 6.74. The second-order valence-electron chi connectivity index (χ2n) is 7.69. The second-order valence-corrected chi connectivity index (χ2v) is 9.29. The zero-order chi connectivity index (χ0) is 25.4. The van der Waals surface area contributed by atoms with E-state index in [2.05, 4.69) is 4.90 Å². The van der Waals surface area contributed by atoms with E-state index in [1.54, 1.807) is 24.3 Å². The molecule has 4 rings (SSSR count). The van der Waals surface area contributed by atoms with Crippen LogP contribution < -0.4 is 9.64 Å². The smallest absolute Gasteiger partial charge is 0.426 e. The summed E-state index contributed by atoms with van der Waals surface area (Å²) >= 11 is 0. The average molecular weight is 501 g/mol. The Kier molecular flexibility index (Phi) is 8.05. The van der Waals surface area contributed by atoms with Crippen molar-refractivity contribution in [2.45, 2.75) is 12.8 Å². The lowest BCUT2D eigenvalue weighted by molar-refractivity contribution is 0.107. The Balaban J connectivity index is 1.88. The molecule has 0 saturated heterocycles. The van der Waals surface area contributed by atoms with E-state index >= 15 is 0 Å². The van der Waals surface area contributed by atoms with Gasteiger partial charge in [0.15, 0.2) is 0 Å². The maximum absolute atomic E-state index is 13.7. The molecule has 8 nitrogen and oxygen atoms in total. The van der Waals surface area contributed by atoms with E-state index < -0.39 is 7.82 Å². The van der Waals surface area contributed by atoms with Crippen molar-refractivity contribution in [1.82, 2.24) is 0 Å². The van der Waals surface area contributed by atoms with Gasteiger partial charge in [-0.15, -0.1) is 0 Å². The maximum atomic E-state index is 13.7. The van der Waals surface area contributed by atoms with Crippen molar-refractivity contribution in [2.75, 3.05) is 25.2 Å². The van der Waals surface area contributed by atoms with Crippen molar-refractivity contribution in [1.29, 1.82) is 10.5 Å². The Hall–Kier alpha value is -4.07. The number of phosphoric ester groups is 1. The first-order valence-electron chi connectivity index (χ1n) is 11.3. The van der Waals surface area contributed by atoms with Crippen LogP contribution in [0.15, 0.2) is 84.8 Å². The molecule has 1 heterocycles. The Morgan fingerprint density at radius 2 is 1.31 bits per heavy atom. The van der Waals surface area contributed by atoms with Crippen molar-refractivity contribution < 1.29 is 22.9 Å². The Labute approximate surface area is 210 Å². The third-order valence-electron chi connectivity index (χ3n) is 5.35. The molecule has 0 saturated carbocycles. The molecule has 36 heavy (non-hydrogen) atoms. The number of hydrogen-bond donors (Lipinski definition) is 0. The first-order chi connectivity index (χ1) is 17.6. The molecule has 9 heteroatoms. The molecule has 0 bridgehead atoms. The summed E-state index contributed by atoms with van der Waals surface area (Å²) in [5.74, 6) is 0.376. The van der Waals surface area contributed by atoms with Gasteiger partial charge in [0.2, 0.25) is 0 Å². The molecule has 1 aliphatic rings. The van der Waals surface area contributed by atoms with Gasteiger partial charge in [-0.2, -0.15) is 10.5 Å². The number of benzene rings is 3. The molecule has 182 valence electrons. The highest BCUT2D eigenvalue weighted by molar-refractivity contribution is 7.48. The first kappa shape index (κ1) is 25.0. The Morgan fingerprint density at radius 3 is 1.83 bits per heavy atom. The summed E-state index contributed by atoms with van der Waals surface area (Å²) in [5.41, 5.74) is 3.95. The number of para-hydroxylation sites is 3. The van der Waals surface area contributed by atoms with E-state index in [-0.39, 0.29) is 32.0 Å². The van der Waals surface area contributed by atoms with E-state index in [1.807, 2.05) is 73.8 Å². The van der Waals surface area contributed by atoms with Crippen LogP contribution >= 0.6 is 7.82 Å². The number of phosphoric acid groups is 1. The van der Waals surface area contributed by atoms with Gasteiger partial charge in [0.05, 0.1) is 43.8 Å². The topological polar surface area (TPSA) is 105 Å². The third kappa shape index (κ3) is 5.59. The number of fused-ring (bicyclic) bond motifs is 2. The number of rotatable bonds is 10. The highest BCUT2D eigenvalue weighted by Gasteiger charge is 2.35. The highest BCUT2D eigenvalue weighted by atomic mass is 31.2. The molecule has 0 aromatic heterocycles. The lowest BCUT2D eigenvalue weighted by Crippen LogP contribution is -2.20. The van der Waals surface area contributed by atoms with Crippen LogP contribution in [0.2, 0.25) is 0 Å². The normalized spacial score (nSPS) is 12.1. The second kappa shape index (κ2) is 11.6. The minimum Gasteiger partial charge on any atom is -0.426 e. The lowest BCUT2D eigenvalue weighted by atomic mass is 9.91. The summed E-state index contributed by atoms with van der Waals surface area (Å²) in [6, 6.07) is 28.3. The standard InChI is InChI=1S/C27H24N3O5P/c1-30-24-15-7-5-13-22(24)26(23-14-6-8-16-25(23)30)27(34-21-11-3-2-4-12-21)35-36(31,32-19-9-17-28)33-20-10-18-29/h2-8,11-16H,9-10,19-20H2,1H3. The Bertz CT molecular complexity index is 1300. The summed E-state index contributed by atoms with van der Waals surface area (Å²) in [4.78, 5) is 2.06. The predicted octanol–water partition coefficient (Wildman–Crippen LogP) is 6.55. The molecule has 1 aliphatic heterocycles. The van der Waals surface area contributed by atoms with Crippen molar-refractivity contribution in [3.63, 3.8) is 0 Å². The molecule has 0 fully saturated rings. The van der Waals surface area contributed by atoms with Gasteiger partial charge in [0.25, 0.3) is 0 Å². The maximum Gasteiger partial charge on any atom is 0.532 e. The summed E-state index contributed by atoms with van der Waals surface area (Å²) < 4.78 is 36.7. The van der Waals surface area contributed by atoms with Gasteiger partial charge in [-0.1, -0.05) is 54.6 Å². The minimum absolute atomic E-state index is 0.0170. The van der Waals surface area contributed by atoms with Gasteiger partial charge in [0.1, 0.15) is 5.75 Å². The molecule has 0 spiro atoms. The quantitative estimate of drug-likeness (QED) is 0.175. The number of nitrogens with zero attached hydrogens (tertiary/aromatic N) is 3. The SMILES string of the molecule is CN1c2ccccc2C(=C(Oc2ccccc2)OP(=O)(OCCC#N)OCCC#N)c2ccccc21. The minimum atomic E-state index is -4.28. The first-order valence-corrected chi connectivity index (χ1v) is 12.7. The Morgan fingerprint density at radius 1 is 0.806 bits per heavy atom. The fraction of sp³-hybridized carbons (Fsp3) is 0.185. The molecule has 0 N–H and O–H groups in total. The van der Waals surface area contributed by atoms with Crippen LogP contribution in [0.1, 0.15) is 24.0 Å². The van der Waals surface area contributed by atoms with Gasteiger partial charge in [-0.05, 0) is 24.3 Å². The van der Waals surface area contributed by atoms with Gasteiger partial charge in [-0.25, -0.2) is 4.57 Å². The van der Waals surface area contributed by atoms with Crippen LogP contribution in [0.3, 0.4) is 0 Å². The van der Waals surface area contributed by atoms with Gasteiger partial charge < -0.3 is 14.2 Å². The molecule has 0 aliphatic carbocycles. The van der Waals surface area contributed by atoms with Gasteiger partial charge in [0, 0.05) is 29.5 Å². The molecule has 0 amide bonds. The summed E-state index contributed by atoms with van der Waals surface area (Å²) in [6.07, 6.45) is -0.0340. The van der Waals surface area contributed by atoms with E-state index in [0.29, 0.717) is 11.3 Å². The van der Waals surface area contributed by atoms with Gasteiger partial charge >= 0.3 is 13.8 Å². The molecule has 0 unspecified atom stereocenters. The van der Waals surface area contributed by atoms with Crippen molar-refractivity contribution in [3.8, 4) is 17.9 Å². The zero-order valence-electron chi connectivity index (χ0n) is 19.7. The van der Waals surface area contributed by atoms with Crippen LogP contribution in [0.25, 0.3) is 5.57 Å². The summed E-state index contributed by atoms with van der Waals surface area (Å²) in [5, 5.41) is 17.8. The number of hydrogen-bond acceptors (Lipinski definition) is 8. The zero-order valence-corrected chi connectivity index (χ0v) is 20.6. The van der Waals surface area contributed by atoms with Crippen molar-refractivity contribution >= 4 is 24.8 Å². The van der Waals surface area contributed by atoms with Crippen LogP contribution in [0.4, 0.5) is 11.4 Å². The fourth-order valence-corrected chi connectivity index (χ4v) is 4.90. The number of nitriles is 2. The van der Waals surface area contributed by atoms with Crippen LogP contribution in [0.5, 0.6) is 5.75 Å². The van der Waals surface area contributed by atoms with E-state index in [4.69, 9.17) is 28.8 Å². The fourth-order valence-electron chi connectivity index (χ4n) is 3.76. The van der Waals surface area contributed by atoms with Crippen molar-refractivity contribution in [3.05, 3.63) is 95.9 Å². The lowest BCUT2D eigenvalue weighted by Gasteiger charge is -2.32. The average Bonchev–Trinajstić information content (AvgIpc) is 2.90. The number of anilines is 2. The van der Waals surface area contributed by atoms with Gasteiger partial charge in [-0.3, -0.25) is 9.05 Å². The molecular weight excluding hydrogens is 477 g/mol. The largest absolute Gasteiger partial charge is 0.532 e.